The number of benzene rings is 8. The third kappa shape index (κ3) is 3.69. The molecule has 0 saturated heterocycles. The summed E-state index contributed by atoms with van der Waals surface area (Å²) in [4.78, 5) is 1.84. The maximum atomic E-state index is 9.01. The molecule has 55 heavy (non-hydrogen) atoms. The van der Waals surface area contributed by atoms with Crippen molar-refractivity contribution in [2.24, 2.45) is 0 Å². The molecule has 0 N–H and O–H groups in total. The molecule has 8 aromatic carbocycles. The SMILES string of the molecule is [2H]c1c([2H])c([2H])c(-c2cc3c4c(c2)Sc2c(c5sc6ccccc6c5c5c2oc2ccccc25)B4c2c(c4sc5ccccc5c4c4c2oc2ccccc24)O3)c([2H])c1[2H]. The van der Waals surface area contributed by atoms with Gasteiger partial charge in [0, 0.05) is 67.5 Å². The van der Waals surface area contributed by atoms with Crippen molar-refractivity contribution in [2.75, 3.05) is 0 Å². The van der Waals surface area contributed by atoms with Crippen LogP contribution in [0.3, 0.4) is 0 Å². The Hall–Kier alpha value is -5.99. The molecule has 2 aliphatic rings. The zero-order valence-corrected chi connectivity index (χ0v) is 30.9. The van der Waals surface area contributed by atoms with Crippen molar-refractivity contribution in [3.63, 3.8) is 0 Å². The van der Waals surface area contributed by atoms with Gasteiger partial charge < -0.3 is 13.6 Å². The van der Waals surface area contributed by atoms with Gasteiger partial charge in [0.15, 0.2) is 0 Å². The molecule has 3 nitrogen and oxygen atoms in total. The molecule has 0 spiro atoms. The average Bonchev–Trinajstić information content (AvgIpc) is 4.05. The highest BCUT2D eigenvalue weighted by molar-refractivity contribution is 8.00. The Balaban J connectivity index is 1.21. The molecule has 2 aliphatic heterocycles. The maximum Gasteiger partial charge on any atom is 0.260 e. The van der Waals surface area contributed by atoms with Crippen LogP contribution in [0.1, 0.15) is 6.85 Å². The number of hydrogen-bond donors (Lipinski definition) is 0. The minimum Gasteiger partial charge on any atom is -0.457 e. The van der Waals surface area contributed by atoms with Crippen molar-refractivity contribution in [1.82, 2.24) is 0 Å². The molecule has 14 rings (SSSR count). The molecule has 0 saturated carbocycles. The van der Waals surface area contributed by atoms with Crippen molar-refractivity contribution in [3.8, 4) is 22.6 Å². The molecule has 254 valence electrons. The lowest BCUT2D eigenvalue weighted by Gasteiger charge is -2.34. The second-order valence-electron chi connectivity index (χ2n) is 14.2. The van der Waals surface area contributed by atoms with Gasteiger partial charge in [0.2, 0.25) is 0 Å². The summed E-state index contributed by atoms with van der Waals surface area (Å²) in [6.45, 7) is -0.380. The van der Waals surface area contributed by atoms with E-state index in [4.69, 9.17) is 20.4 Å². The highest BCUT2D eigenvalue weighted by Gasteiger charge is 2.46. The Labute approximate surface area is 332 Å². The van der Waals surface area contributed by atoms with E-state index in [2.05, 4.69) is 72.8 Å². The topological polar surface area (TPSA) is 35.5 Å². The standard InChI is InChI=1S/C48H23BO3S3/c1-2-12-24(13-3-1)25-22-32-40-35(23-25)55-48-42(46-38(28-16-6-10-20-33(28)53-46)37-27-15-5-9-19-31(27)51-44(37)48)49(40)41-43-36(26-14-4-8-18-30(26)50-43)39-29-17-7-11-21-34(29)54-47(39)45(41)52-32/h1-23H/i1D,2D,3D,12D,13D. The van der Waals surface area contributed by atoms with Crippen LogP contribution in [0.4, 0.5) is 0 Å². The van der Waals surface area contributed by atoms with Crippen LogP contribution in [0, 0.1) is 0 Å². The second-order valence-corrected chi connectivity index (χ2v) is 17.4. The van der Waals surface area contributed by atoms with E-state index in [1.807, 2.05) is 36.4 Å². The predicted molar refractivity (Wildman–Crippen MR) is 234 cm³/mol. The van der Waals surface area contributed by atoms with E-state index in [1.54, 1.807) is 34.4 Å². The summed E-state index contributed by atoms with van der Waals surface area (Å²) >= 11 is 5.09. The van der Waals surface area contributed by atoms with Crippen LogP contribution >= 0.6 is 34.4 Å². The van der Waals surface area contributed by atoms with Gasteiger partial charge in [0.1, 0.15) is 33.8 Å². The van der Waals surface area contributed by atoms with E-state index in [0.29, 0.717) is 17.1 Å². The van der Waals surface area contributed by atoms with Gasteiger partial charge >= 0.3 is 0 Å². The van der Waals surface area contributed by atoms with E-state index in [1.165, 1.54) is 14.8 Å². The maximum absolute atomic E-state index is 9.01. The number of fused-ring (bicyclic) bond motifs is 22. The number of ether oxygens (including phenoxy) is 1. The molecular weight excluding hydrogens is 732 g/mol. The fourth-order valence-electron chi connectivity index (χ4n) is 9.30. The van der Waals surface area contributed by atoms with E-state index in [-0.39, 0.29) is 36.4 Å². The van der Waals surface area contributed by atoms with Crippen molar-refractivity contribution >= 4 is 142 Å². The summed E-state index contributed by atoms with van der Waals surface area (Å²) in [5.41, 5.74) is 6.80. The zero-order valence-electron chi connectivity index (χ0n) is 33.4. The fraction of sp³-hybridized carbons (Fsp3) is 0. The molecule has 4 aromatic heterocycles. The van der Waals surface area contributed by atoms with Crippen LogP contribution in [0.2, 0.25) is 0 Å². The van der Waals surface area contributed by atoms with E-state index in [0.717, 1.165) is 95.6 Å². The zero-order chi connectivity index (χ0) is 39.9. The Bertz CT molecular complexity index is 3750. The Morgan fingerprint density at radius 3 is 1.85 bits per heavy atom. The van der Waals surface area contributed by atoms with E-state index in [9.17, 15) is 0 Å². The molecule has 6 heterocycles. The molecule has 0 unspecified atom stereocenters. The largest absolute Gasteiger partial charge is 0.457 e. The van der Waals surface area contributed by atoms with Crippen LogP contribution in [-0.4, -0.2) is 6.71 Å². The minimum atomic E-state index is -0.428. The fourth-order valence-corrected chi connectivity index (χ4v) is 13.2. The third-order valence-electron chi connectivity index (χ3n) is 11.5. The Morgan fingerprint density at radius 1 is 0.527 bits per heavy atom. The van der Waals surface area contributed by atoms with Crippen LogP contribution in [0.25, 0.3) is 95.3 Å². The van der Waals surface area contributed by atoms with Gasteiger partial charge in [-0.2, -0.15) is 0 Å². The number of hydrogen-bond acceptors (Lipinski definition) is 6. The first-order valence-corrected chi connectivity index (χ1v) is 20.5. The smallest absolute Gasteiger partial charge is 0.260 e. The third-order valence-corrected chi connectivity index (χ3v) is 15.0. The summed E-state index contributed by atoms with van der Waals surface area (Å²) < 4.78 is 69.3. The van der Waals surface area contributed by atoms with E-state index >= 15 is 0 Å². The highest BCUT2D eigenvalue weighted by atomic mass is 32.2. The Morgan fingerprint density at radius 2 is 1.13 bits per heavy atom. The monoisotopic (exact) mass is 759 g/mol. The minimum absolute atomic E-state index is 0.131. The quantitative estimate of drug-likeness (QED) is 0.156. The van der Waals surface area contributed by atoms with E-state index < -0.39 is 6.04 Å². The molecule has 0 atom stereocenters. The van der Waals surface area contributed by atoms with Gasteiger partial charge in [-0.15, -0.1) is 22.7 Å². The molecule has 0 bridgehead atoms. The lowest BCUT2D eigenvalue weighted by atomic mass is 9.35. The van der Waals surface area contributed by atoms with Crippen molar-refractivity contribution in [1.29, 1.82) is 0 Å². The molecule has 0 aliphatic carbocycles. The average molecular weight is 760 g/mol. The summed E-state index contributed by atoms with van der Waals surface area (Å²) in [5, 5.41) is 8.73. The van der Waals surface area contributed by atoms with Crippen LogP contribution in [0.15, 0.2) is 158 Å². The summed E-state index contributed by atoms with van der Waals surface area (Å²) in [6, 6.07) is 35.7. The number of rotatable bonds is 1. The Kier molecular flexibility index (Phi) is 4.76. The van der Waals surface area contributed by atoms with Gasteiger partial charge in [0.05, 0.1) is 16.4 Å². The van der Waals surface area contributed by atoms with Gasteiger partial charge in [-0.25, -0.2) is 0 Å². The first-order chi connectivity index (χ1) is 29.4. The highest BCUT2D eigenvalue weighted by Crippen LogP contribution is 2.53. The van der Waals surface area contributed by atoms with Crippen LogP contribution < -0.4 is 21.1 Å². The van der Waals surface area contributed by atoms with Crippen molar-refractivity contribution in [2.45, 2.75) is 9.79 Å². The van der Waals surface area contributed by atoms with Crippen LogP contribution in [0.5, 0.6) is 11.5 Å². The predicted octanol–water partition coefficient (Wildman–Crippen LogP) is 13.0. The molecule has 12 aromatic rings. The summed E-state index contributed by atoms with van der Waals surface area (Å²) in [6.07, 6.45) is 0. The molecule has 7 heteroatoms. The second kappa shape index (κ2) is 10.4. The number of furan rings is 2. The lowest BCUT2D eigenvalue weighted by Crippen LogP contribution is -2.58. The normalized spacial score (nSPS) is 14.8. The lowest BCUT2D eigenvalue weighted by molar-refractivity contribution is 0.492. The van der Waals surface area contributed by atoms with Gasteiger partial charge in [-0.1, -0.05) is 115 Å². The van der Waals surface area contributed by atoms with Gasteiger partial charge in [-0.05, 0) is 58.5 Å². The van der Waals surface area contributed by atoms with Crippen molar-refractivity contribution < 1.29 is 20.4 Å². The summed E-state index contributed by atoms with van der Waals surface area (Å²) in [7, 11) is 0. The van der Waals surface area contributed by atoms with Gasteiger partial charge in [-0.3, -0.25) is 0 Å². The van der Waals surface area contributed by atoms with Crippen LogP contribution in [-0.2, 0) is 0 Å². The molecule has 0 fully saturated rings. The molecule has 0 radical (unpaired) electrons. The van der Waals surface area contributed by atoms with Gasteiger partial charge in [0.25, 0.3) is 6.71 Å². The number of para-hydroxylation sites is 2. The first kappa shape index (κ1) is 25.2. The first-order valence-electron chi connectivity index (χ1n) is 20.5. The van der Waals surface area contributed by atoms with Crippen molar-refractivity contribution in [3.05, 3.63) is 139 Å². The number of thiophene rings is 2. The summed E-state index contributed by atoms with van der Waals surface area (Å²) in [5.74, 6) is 1.29. The molecule has 0 amide bonds. The molecular formula is C48H23BO3S3.